The van der Waals surface area contributed by atoms with Crippen LogP contribution in [-0.4, -0.2) is 35.1 Å². The fourth-order valence-electron chi connectivity index (χ4n) is 2.63. The number of aliphatic carboxylic acids is 1. The zero-order valence-corrected chi connectivity index (χ0v) is 12.9. The number of anilines is 1. The molecule has 1 aromatic carbocycles. The van der Waals surface area contributed by atoms with Crippen LogP contribution in [0, 0.1) is 0 Å². The summed E-state index contributed by atoms with van der Waals surface area (Å²) >= 11 is 0. The number of rotatable bonds is 3. The van der Waals surface area contributed by atoms with Gasteiger partial charge in [0.05, 0.1) is 0 Å². The summed E-state index contributed by atoms with van der Waals surface area (Å²) in [6.45, 7) is 7.91. The molecule has 5 nitrogen and oxygen atoms in total. The third-order valence-electron chi connectivity index (χ3n) is 3.64. The maximum Gasteiger partial charge on any atom is 0.312 e. The molecule has 2 rings (SSSR count). The summed E-state index contributed by atoms with van der Waals surface area (Å²) in [4.78, 5) is 25.6. The van der Waals surface area contributed by atoms with Crippen molar-refractivity contribution in [2.45, 2.75) is 45.2 Å². The summed E-state index contributed by atoms with van der Waals surface area (Å²) in [5.74, 6) is -1.53. The molecular formula is C16H22N2O3. The van der Waals surface area contributed by atoms with E-state index in [1.165, 1.54) is 0 Å². The molecule has 1 amide bonds. The van der Waals surface area contributed by atoms with Gasteiger partial charge in [-0.05, 0) is 39.3 Å². The number of benzene rings is 1. The van der Waals surface area contributed by atoms with Gasteiger partial charge in [-0.2, -0.15) is 0 Å². The number of carbonyl (C=O) groups is 2. The molecule has 1 aliphatic rings. The van der Waals surface area contributed by atoms with Gasteiger partial charge in [0.25, 0.3) is 0 Å². The van der Waals surface area contributed by atoms with Crippen molar-refractivity contribution in [2.24, 2.45) is 0 Å². The Kier molecular flexibility index (Phi) is 3.94. The third-order valence-corrected chi connectivity index (χ3v) is 3.64. The summed E-state index contributed by atoms with van der Waals surface area (Å²) < 4.78 is 0. The molecule has 1 aromatic rings. The monoisotopic (exact) mass is 290 g/mol. The predicted octanol–water partition coefficient (Wildman–Crippen LogP) is 1.98. The predicted molar refractivity (Wildman–Crippen MR) is 81.5 cm³/mol. The topological polar surface area (TPSA) is 69.6 Å². The number of carbonyl (C=O) groups excluding carboxylic acids is 1. The number of nitrogens with zero attached hydrogens (tertiary/aromatic N) is 1. The van der Waals surface area contributed by atoms with Crippen molar-refractivity contribution in [3.63, 3.8) is 0 Å². The highest BCUT2D eigenvalue weighted by Crippen LogP contribution is 2.37. The van der Waals surface area contributed by atoms with Crippen molar-refractivity contribution < 1.29 is 14.7 Å². The first-order valence-corrected chi connectivity index (χ1v) is 7.11. The lowest BCUT2D eigenvalue weighted by Crippen LogP contribution is -2.51. The highest BCUT2D eigenvalue weighted by atomic mass is 16.4. The molecule has 2 atom stereocenters. The van der Waals surface area contributed by atoms with Crippen LogP contribution in [0.25, 0.3) is 0 Å². The lowest BCUT2D eigenvalue weighted by Gasteiger charge is -2.30. The van der Waals surface area contributed by atoms with Gasteiger partial charge in [0, 0.05) is 17.8 Å². The second-order valence-electron chi connectivity index (χ2n) is 6.52. The Morgan fingerprint density at radius 2 is 1.95 bits per heavy atom. The first-order valence-electron chi connectivity index (χ1n) is 7.11. The molecule has 114 valence electrons. The summed E-state index contributed by atoms with van der Waals surface area (Å²) in [7, 11) is 0. The largest absolute Gasteiger partial charge is 0.481 e. The zero-order valence-electron chi connectivity index (χ0n) is 12.9. The molecule has 0 saturated carbocycles. The van der Waals surface area contributed by atoms with Gasteiger partial charge in [-0.3, -0.25) is 9.59 Å². The minimum atomic E-state index is -0.853. The number of nitrogens with one attached hydrogen (secondary N) is 1. The number of amides is 1. The Bertz CT molecular complexity index is 563. The molecule has 2 unspecified atom stereocenters. The Labute approximate surface area is 125 Å². The molecule has 0 radical (unpaired) electrons. The fraction of sp³-hybridized carbons (Fsp3) is 0.500. The van der Waals surface area contributed by atoms with Gasteiger partial charge in [0.1, 0.15) is 12.0 Å². The fourth-order valence-corrected chi connectivity index (χ4v) is 2.63. The Morgan fingerprint density at radius 1 is 1.33 bits per heavy atom. The smallest absolute Gasteiger partial charge is 0.312 e. The van der Waals surface area contributed by atoms with Crippen LogP contribution in [0.2, 0.25) is 0 Å². The molecule has 0 aromatic heterocycles. The first-order chi connectivity index (χ1) is 9.70. The van der Waals surface area contributed by atoms with E-state index in [9.17, 15) is 14.7 Å². The van der Waals surface area contributed by atoms with Crippen LogP contribution in [0.5, 0.6) is 0 Å². The van der Waals surface area contributed by atoms with E-state index < -0.39 is 17.9 Å². The van der Waals surface area contributed by atoms with E-state index >= 15 is 0 Å². The molecule has 0 spiro atoms. The van der Waals surface area contributed by atoms with Crippen molar-refractivity contribution in [3.8, 4) is 0 Å². The molecule has 5 heteroatoms. The highest BCUT2D eigenvalue weighted by Gasteiger charge is 2.37. The second kappa shape index (κ2) is 5.39. The average Bonchev–Trinajstić information content (AvgIpc) is 2.75. The van der Waals surface area contributed by atoms with Crippen LogP contribution < -0.4 is 10.2 Å². The normalized spacial score (nSPS) is 19.0. The van der Waals surface area contributed by atoms with E-state index in [-0.39, 0.29) is 11.4 Å². The molecule has 0 aliphatic carbocycles. The molecule has 0 bridgehead atoms. The van der Waals surface area contributed by atoms with Gasteiger partial charge in [-0.15, -0.1) is 0 Å². The van der Waals surface area contributed by atoms with Gasteiger partial charge in [-0.1, -0.05) is 18.2 Å². The van der Waals surface area contributed by atoms with Crippen LogP contribution in [-0.2, 0) is 9.59 Å². The standard InChI is InChI=1S/C16H22N2O3/c1-10(14(19)17-16(2,3)4)18-9-12(15(20)21)11-7-5-6-8-13(11)18/h5-8,10,12H,9H2,1-4H3,(H,17,19)(H,20,21). The molecule has 0 saturated heterocycles. The van der Waals surface area contributed by atoms with Crippen LogP contribution in [0.1, 0.15) is 39.2 Å². The van der Waals surface area contributed by atoms with Crippen molar-refractivity contribution in [1.82, 2.24) is 5.32 Å². The Balaban J connectivity index is 2.25. The zero-order chi connectivity index (χ0) is 15.8. The van der Waals surface area contributed by atoms with E-state index in [2.05, 4.69) is 5.32 Å². The Morgan fingerprint density at radius 3 is 2.52 bits per heavy atom. The minimum Gasteiger partial charge on any atom is -0.481 e. The Hall–Kier alpha value is -2.04. The van der Waals surface area contributed by atoms with E-state index in [1.807, 2.05) is 56.9 Å². The summed E-state index contributed by atoms with van der Waals surface area (Å²) in [5.41, 5.74) is 1.30. The van der Waals surface area contributed by atoms with E-state index in [1.54, 1.807) is 0 Å². The van der Waals surface area contributed by atoms with Gasteiger partial charge < -0.3 is 15.3 Å². The summed E-state index contributed by atoms with van der Waals surface area (Å²) in [5, 5.41) is 12.3. The number of carboxylic acids is 1. The molecule has 0 fully saturated rings. The van der Waals surface area contributed by atoms with Crippen LogP contribution in [0.3, 0.4) is 0 Å². The average molecular weight is 290 g/mol. The van der Waals surface area contributed by atoms with Crippen molar-refractivity contribution >= 4 is 17.6 Å². The number of hydrogen-bond acceptors (Lipinski definition) is 3. The maximum absolute atomic E-state index is 12.3. The summed E-state index contributed by atoms with van der Waals surface area (Å²) in [6, 6.07) is 6.99. The third kappa shape index (κ3) is 3.17. The number of carboxylic acid groups (broad SMARTS) is 1. The molecule has 2 N–H and O–H groups in total. The SMILES string of the molecule is CC(C(=O)NC(C)(C)C)N1CC(C(=O)O)c2ccccc21. The minimum absolute atomic E-state index is 0.0941. The van der Waals surface area contributed by atoms with Crippen molar-refractivity contribution in [2.75, 3.05) is 11.4 Å². The van der Waals surface area contributed by atoms with Crippen LogP contribution in [0.4, 0.5) is 5.69 Å². The van der Waals surface area contributed by atoms with Crippen LogP contribution >= 0.6 is 0 Å². The molecule has 1 aliphatic heterocycles. The van der Waals surface area contributed by atoms with Crippen LogP contribution in [0.15, 0.2) is 24.3 Å². The molecule has 1 heterocycles. The number of hydrogen-bond donors (Lipinski definition) is 2. The number of fused-ring (bicyclic) bond motifs is 1. The van der Waals surface area contributed by atoms with Crippen molar-refractivity contribution in [3.05, 3.63) is 29.8 Å². The van der Waals surface area contributed by atoms with E-state index in [0.29, 0.717) is 6.54 Å². The second-order valence-corrected chi connectivity index (χ2v) is 6.52. The van der Waals surface area contributed by atoms with E-state index in [0.717, 1.165) is 11.3 Å². The van der Waals surface area contributed by atoms with Crippen molar-refractivity contribution in [1.29, 1.82) is 0 Å². The van der Waals surface area contributed by atoms with E-state index in [4.69, 9.17) is 0 Å². The molecular weight excluding hydrogens is 268 g/mol. The lowest BCUT2D eigenvalue weighted by atomic mass is 10.0. The lowest BCUT2D eigenvalue weighted by molar-refractivity contribution is -0.138. The molecule has 21 heavy (non-hydrogen) atoms. The summed E-state index contributed by atoms with van der Waals surface area (Å²) in [6.07, 6.45) is 0. The number of para-hydroxylation sites is 1. The maximum atomic E-state index is 12.3. The van der Waals surface area contributed by atoms with Gasteiger partial charge in [0.15, 0.2) is 0 Å². The quantitative estimate of drug-likeness (QED) is 0.893. The first kappa shape index (κ1) is 15.4. The highest BCUT2D eigenvalue weighted by molar-refractivity contribution is 5.89. The van der Waals surface area contributed by atoms with Gasteiger partial charge in [0.2, 0.25) is 5.91 Å². The van der Waals surface area contributed by atoms with Gasteiger partial charge >= 0.3 is 5.97 Å². The van der Waals surface area contributed by atoms with Gasteiger partial charge in [-0.25, -0.2) is 0 Å².